The molecule has 1 aromatic heterocycles. The molecule has 0 bridgehead atoms. The van der Waals surface area contributed by atoms with Crippen molar-refractivity contribution in [1.29, 1.82) is 0 Å². The summed E-state index contributed by atoms with van der Waals surface area (Å²) in [6.07, 6.45) is 0. The lowest BCUT2D eigenvalue weighted by molar-refractivity contribution is 0.1000. The van der Waals surface area contributed by atoms with Crippen LogP contribution in [0.2, 0.25) is 5.02 Å². The summed E-state index contributed by atoms with van der Waals surface area (Å²) < 4.78 is 5.53. The van der Waals surface area contributed by atoms with E-state index in [0.29, 0.717) is 22.0 Å². The van der Waals surface area contributed by atoms with E-state index in [4.69, 9.17) is 21.8 Å². The van der Waals surface area contributed by atoms with Crippen LogP contribution in [-0.4, -0.2) is 5.91 Å². The molecule has 0 fully saturated rings. The third-order valence-electron chi connectivity index (χ3n) is 3.36. The number of fused-ring (bicyclic) bond motifs is 1. The number of hydrogen-bond acceptors (Lipinski definition) is 3. The molecule has 4 nitrogen and oxygen atoms in total. The third-order valence-corrected chi connectivity index (χ3v) is 3.77. The molecule has 1 amide bonds. The highest BCUT2D eigenvalue weighted by Gasteiger charge is 2.19. The van der Waals surface area contributed by atoms with E-state index in [1.807, 2.05) is 25.1 Å². The quantitative estimate of drug-likeness (QED) is 0.744. The van der Waals surface area contributed by atoms with Crippen LogP contribution in [0, 0.1) is 6.92 Å². The van der Waals surface area contributed by atoms with E-state index in [1.165, 1.54) is 0 Å². The molecule has 0 saturated carbocycles. The molecule has 1 heterocycles. The van der Waals surface area contributed by atoms with E-state index < -0.39 is 5.91 Å². The molecule has 3 N–H and O–H groups in total. The Kier molecular flexibility index (Phi) is 3.31. The van der Waals surface area contributed by atoms with Gasteiger partial charge in [-0.15, -0.1) is 0 Å². The van der Waals surface area contributed by atoms with Crippen LogP contribution in [0.1, 0.15) is 16.1 Å². The van der Waals surface area contributed by atoms with Gasteiger partial charge in [0.25, 0.3) is 5.91 Å². The summed E-state index contributed by atoms with van der Waals surface area (Å²) >= 11 is 6.04. The lowest BCUT2D eigenvalue weighted by atomic mass is 10.2. The average molecular weight is 301 g/mol. The van der Waals surface area contributed by atoms with Crippen LogP contribution in [0.4, 0.5) is 11.4 Å². The largest absolute Gasteiger partial charge is 0.449 e. The molecule has 2 aromatic carbocycles. The van der Waals surface area contributed by atoms with Crippen molar-refractivity contribution in [2.75, 3.05) is 11.1 Å². The number of nitrogens with two attached hydrogens (primary N) is 1. The van der Waals surface area contributed by atoms with Gasteiger partial charge in [-0.2, -0.15) is 0 Å². The molecule has 0 aliphatic rings. The van der Waals surface area contributed by atoms with E-state index in [2.05, 4.69) is 5.32 Å². The highest BCUT2D eigenvalue weighted by atomic mass is 35.5. The molecular formula is C16H13ClN2O2. The Bertz CT molecular complexity index is 839. The summed E-state index contributed by atoms with van der Waals surface area (Å²) in [6, 6.07) is 12.6. The van der Waals surface area contributed by atoms with Gasteiger partial charge in [-0.25, -0.2) is 0 Å². The number of para-hydroxylation sites is 1. The van der Waals surface area contributed by atoms with Gasteiger partial charge in [0, 0.05) is 16.1 Å². The van der Waals surface area contributed by atoms with Crippen LogP contribution >= 0.6 is 11.6 Å². The number of benzene rings is 2. The van der Waals surface area contributed by atoms with Gasteiger partial charge in [-0.1, -0.05) is 29.8 Å². The van der Waals surface area contributed by atoms with E-state index >= 15 is 0 Å². The fourth-order valence-electron chi connectivity index (χ4n) is 2.16. The van der Waals surface area contributed by atoms with E-state index in [-0.39, 0.29) is 5.76 Å². The molecule has 0 unspecified atom stereocenters. The minimum Gasteiger partial charge on any atom is -0.449 e. The number of halogens is 1. The smallest absolute Gasteiger partial charge is 0.293 e. The van der Waals surface area contributed by atoms with Crippen LogP contribution < -0.4 is 11.1 Å². The van der Waals surface area contributed by atoms with Crippen LogP contribution in [0.15, 0.2) is 46.9 Å². The molecule has 106 valence electrons. The monoisotopic (exact) mass is 300 g/mol. The fourth-order valence-corrected chi connectivity index (χ4v) is 2.33. The standard InChI is InChI=1S/C16H13ClN2O2/c1-9-11(17)6-4-7-12(9)19-16(20)15-14(18)10-5-2-3-8-13(10)21-15/h2-8H,18H2,1H3,(H,19,20). The fraction of sp³-hybridized carbons (Fsp3) is 0.0625. The molecule has 3 aromatic rings. The van der Waals surface area contributed by atoms with Crippen LogP contribution in [0.5, 0.6) is 0 Å². The Balaban J connectivity index is 1.97. The Morgan fingerprint density at radius 3 is 2.71 bits per heavy atom. The molecule has 3 rings (SSSR count). The number of rotatable bonds is 2. The first kappa shape index (κ1) is 13.5. The Morgan fingerprint density at radius 1 is 1.19 bits per heavy atom. The SMILES string of the molecule is Cc1c(Cl)cccc1NC(=O)c1oc2ccccc2c1N. The van der Waals surface area contributed by atoms with Crippen molar-refractivity contribution in [3.8, 4) is 0 Å². The van der Waals surface area contributed by atoms with Crippen molar-refractivity contribution in [1.82, 2.24) is 0 Å². The Morgan fingerprint density at radius 2 is 1.95 bits per heavy atom. The minimum absolute atomic E-state index is 0.107. The number of amides is 1. The predicted molar refractivity (Wildman–Crippen MR) is 84.8 cm³/mol. The normalized spacial score (nSPS) is 10.8. The molecular weight excluding hydrogens is 288 g/mol. The molecule has 0 saturated heterocycles. The lowest BCUT2D eigenvalue weighted by Gasteiger charge is -2.08. The Hall–Kier alpha value is -2.46. The van der Waals surface area contributed by atoms with Crippen molar-refractivity contribution in [3.63, 3.8) is 0 Å². The molecule has 0 aliphatic carbocycles. The number of anilines is 2. The van der Waals surface area contributed by atoms with Crippen molar-refractivity contribution in [2.24, 2.45) is 0 Å². The maximum atomic E-state index is 12.3. The van der Waals surface area contributed by atoms with E-state index in [1.54, 1.807) is 24.3 Å². The molecule has 0 spiro atoms. The molecule has 0 radical (unpaired) electrons. The van der Waals surface area contributed by atoms with Crippen molar-refractivity contribution in [3.05, 3.63) is 58.8 Å². The molecule has 0 atom stereocenters. The van der Waals surface area contributed by atoms with Crippen molar-refractivity contribution < 1.29 is 9.21 Å². The van der Waals surface area contributed by atoms with Gasteiger partial charge in [0.2, 0.25) is 5.76 Å². The van der Waals surface area contributed by atoms with Gasteiger partial charge < -0.3 is 15.5 Å². The zero-order valence-corrected chi connectivity index (χ0v) is 12.1. The summed E-state index contributed by atoms with van der Waals surface area (Å²) in [4.78, 5) is 12.3. The number of furan rings is 1. The van der Waals surface area contributed by atoms with Crippen LogP contribution in [-0.2, 0) is 0 Å². The highest BCUT2D eigenvalue weighted by molar-refractivity contribution is 6.31. The van der Waals surface area contributed by atoms with Gasteiger partial charge in [0.1, 0.15) is 5.58 Å². The number of nitrogen functional groups attached to an aromatic ring is 1. The number of carbonyl (C=O) groups excluding carboxylic acids is 1. The second-order valence-corrected chi connectivity index (χ2v) is 5.11. The first-order valence-electron chi connectivity index (χ1n) is 6.41. The van der Waals surface area contributed by atoms with Gasteiger partial charge in [0.05, 0.1) is 5.69 Å². The number of hydrogen-bond donors (Lipinski definition) is 2. The summed E-state index contributed by atoms with van der Waals surface area (Å²) in [7, 11) is 0. The second-order valence-electron chi connectivity index (χ2n) is 4.71. The number of carbonyl (C=O) groups is 1. The Labute approximate surface area is 126 Å². The van der Waals surface area contributed by atoms with Crippen molar-refractivity contribution in [2.45, 2.75) is 6.92 Å². The van der Waals surface area contributed by atoms with Gasteiger partial charge >= 0.3 is 0 Å². The third kappa shape index (κ3) is 2.34. The predicted octanol–water partition coefficient (Wildman–Crippen LogP) is 4.23. The minimum atomic E-state index is -0.394. The zero-order chi connectivity index (χ0) is 15.0. The van der Waals surface area contributed by atoms with Gasteiger partial charge in [-0.05, 0) is 36.8 Å². The maximum absolute atomic E-state index is 12.3. The second kappa shape index (κ2) is 5.14. The first-order valence-corrected chi connectivity index (χ1v) is 6.79. The van der Waals surface area contributed by atoms with Crippen LogP contribution in [0.25, 0.3) is 11.0 Å². The first-order chi connectivity index (χ1) is 10.1. The molecule has 5 heteroatoms. The average Bonchev–Trinajstić information content (AvgIpc) is 2.82. The van der Waals surface area contributed by atoms with E-state index in [0.717, 1.165) is 10.9 Å². The van der Waals surface area contributed by atoms with E-state index in [9.17, 15) is 4.79 Å². The lowest BCUT2D eigenvalue weighted by Crippen LogP contribution is -2.13. The van der Waals surface area contributed by atoms with Crippen molar-refractivity contribution >= 4 is 39.9 Å². The maximum Gasteiger partial charge on any atom is 0.293 e. The molecule has 21 heavy (non-hydrogen) atoms. The van der Waals surface area contributed by atoms with Crippen LogP contribution in [0.3, 0.4) is 0 Å². The summed E-state index contributed by atoms with van der Waals surface area (Å²) in [5.74, 6) is -0.287. The summed E-state index contributed by atoms with van der Waals surface area (Å²) in [5, 5.41) is 4.09. The zero-order valence-electron chi connectivity index (χ0n) is 11.3. The highest BCUT2D eigenvalue weighted by Crippen LogP contribution is 2.29. The molecule has 0 aliphatic heterocycles. The number of nitrogens with one attached hydrogen (secondary N) is 1. The van der Waals surface area contributed by atoms with Gasteiger partial charge in [0.15, 0.2) is 0 Å². The summed E-state index contributed by atoms with van der Waals surface area (Å²) in [6.45, 7) is 1.83. The van der Waals surface area contributed by atoms with Gasteiger partial charge in [-0.3, -0.25) is 4.79 Å². The summed E-state index contributed by atoms with van der Waals surface area (Å²) in [5.41, 5.74) is 8.33. The topological polar surface area (TPSA) is 68.3 Å².